The fourth-order valence-corrected chi connectivity index (χ4v) is 3.55. The van der Waals surface area contributed by atoms with Crippen LogP contribution < -0.4 is 5.32 Å². The lowest BCUT2D eigenvalue weighted by molar-refractivity contribution is 0.374. The summed E-state index contributed by atoms with van der Waals surface area (Å²) in [5, 5.41) is 4.56. The molecule has 102 valence electrons. The van der Waals surface area contributed by atoms with Crippen LogP contribution in [-0.2, 0) is 6.54 Å². The number of hydrogen-bond acceptors (Lipinski definition) is 3. The molecule has 3 nitrogen and oxygen atoms in total. The molecule has 1 saturated carbocycles. The second-order valence-corrected chi connectivity index (χ2v) is 6.63. The Morgan fingerprint density at radius 1 is 1.50 bits per heavy atom. The van der Waals surface area contributed by atoms with Crippen LogP contribution in [0, 0.1) is 0 Å². The number of thioether (sulfide) groups is 1. The van der Waals surface area contributed by atoms with Gasteiger partial charge in [-0.3, -0.25) is 0 Å². The highest BCUT2D eigenvalue weighted by Crippen LogP contribution is 2.27. The van der Waals surface area contributed by atoms with E-state index in [0.717, 1.165) is 11.8 Å². The molecule has 0 saturated heterocycles. The monoisotopic (exact) mass is 267 g/mol. The Bertz CT molecular complexity index is 362. The van der Waals surface area contributed by atoms with Crippen molar-refractivity contribution < 1.29 is 0 Å². The molecule has 2 atom stereocenters. The van der Waals surface area contributed by atoms with Gasteiger partial charge >= 0.3 is 0 Å². The molecule has 0 bridgehead atoms. The van der Waals surface area contributed by atoms with Crippen molar-refractivity contribution in [3.63, 3.8) is 0 Å². The normalized spacial score (nSPS) is 24.7. The van der Waals surface area contributed by atoms with Gasteiger partial charge in [0.05, 0.1) is 12.0 Å². The van der Waals surface area contributed by atoms with Gasteiger partial charge in [0, 0.05) is 30.1 Å². The lowest BCUT2D eigenvalue weighted by Crippen LogP contribution is -2.35. The van der Waals surface area contributed by atoms with Crippen molar-refractivity contribution in [3.8, 4) is 0 Å². The predicted octanol–water partition coefficient (Wildman–Crippen LogP) is 3.23. The van der Waals surface area contributed by atoms with Gasteiger partial charge in [0.15, 0.2) is 0 Å². The van der Waals surface area contributed by atoms with Gasteiger partial charge in [0.1, 0.15) is 0 Å². The Kier molecular flexibility index (Phi) is 5.13. The summed E-state index contributed by atoms with van der Waals surface area (Å²) < 4.78 is 2.25. The topological polar surface area (TPSA) is 29.9 Å². The standard InChI is InChI=1S/C14H25N3S/c1-11(2)17-10-15-8-13(17)9-16-12-5-4-6-14(7-12)18-3/h8,10-12,14,16H,4-7,9H2,1-3H3. The molecule has 1 aromatic heterocycles. The molecule has 18 heavy (non-hydrogen) atoms. The van der Waals surface area contributed by atoms with Crippen molar-refractivity contribution in [2.24, 2.45) is 0 Å². The summed E-state index contributed by atoms with van der Waals surface area (Å²) in [5.41, 5.74) is 1.30. The molecular weight excluding hydrogens is 242 g/mol. The highest BCUT2D eigenvalue weighted by Gasteiger charge is 2.21. The highest BCUT2D eigenvalue weighted by molar-refractivity contribution is 7.99. The molecule has 1 heterocycles. The summed E-state index contributed by atoms with van der Waals surface area (Å²) >= 11 is 2.02. The predicted molar refractivity (Wildman–Crippen MR) is 79.0 cm³/mol. The number of rotatable bonds is 5. The largest absolute Gasteiger partial charge is 0.331 e. The summed E-state index contributed by atoms with van der Waals surface area (Å²) in [7, 11) is 0. The Morgan fingerprint density at radius 3 is 3.06 bits per heavy atom. The molecule has 4 heteroatoms. The molecule has 2 unspecified atom stereocenters. The van der Waals surface area contributed by atoms with Crippen molar-refractivity contribution in [1.82, 2.24) is 14.9 Å². The SMILES string of the molecule is CSC1CCCC(NCc2cncn2C(C)C)C1. The summed E-state index contributed by atoms with van der Waals surface area (Å²) in [6, 6.07) is 1.18. The molecule has 1 N–H and O–H groups in total. The molecule has 1 aliphatic rings. The molecule has 0 aliphatic heterocycles. The van der Waals surface area contributed by atoms with Crippen molar-refractivity contribution in [2.45, 2.75) is 63.4 Å². The fourth-order valence-electron chi connectivity index (χ4n) is 2.73. The quantitative estimate of drug-likeness (QED) is 0.888. The van der Waals surface area contributed by atoms with E-state index < -0.39 is 0 Å². The van der Waals surface area contributed by atoms with Crippen LogP contribution in [0.5, 0.6) is 0 Å². The van der Waals surface area contributed by atoms with Gasteiger partial charge in [0.2, 0.25) is 0 Å². The van der Waals surface area contributed by atoms with Crippen molar-refractivity contribution in [1.29, 1.82) is 0 Å². The summed E-state index contributed by atoms with van der Waals surface area (Å²) in [6.07, 6.45) is 11.6. The lowest BCUT2D eigenvalue weighted by Gasteiger charge is -2.29. The Balaban J connectivity index is 1.85. The minimum absolute atomic E-state index is 0.495. The van der Waals surface area contributed by atoms with Crippen LogP contribution in [-0.4, -0.2) is 27.1 Å². The molecular formula is C14H25N3S. The van der Waals surface area contributed by atoms with E-state index in [0.29, 0.717) is 12.1 Å². The van der Waals surface area contributed by atoms with Crippen molar-refractivity contribution in [3.05, 3.63) is 18.2 Å². The van der Waals surface area contributed by atoms with Gasteiger partial charge in [-0.2, -0.15) is 11.8 Å². The van der Waals surface area contributed by atoms with Gasteiger partial charge in [-0.05, 0) is 39.4 Å². The van der Waals surface area contributed by atoms with Gasteiger partial charge < -0.3 is 9.88 Å². The summed E-state index contributed by atoms with van der Waals surface area (Å²) in [4.78, 5) is 4.26. The maximum absolute atomic E-state index is 4.26. The lowest BCUT2D eigenvalue weighted by atomic mass is 9.95. The van der Waals surface area contributed by atoms with Gasteiger partial charge in [-0.1, -0.05) is 6.42 Å². The van der Waals surface area contributed by atoms with E-state index in [1.54, 1.807) is 0 Å². The minimum atomic E-state index is 0.495. The van der Waals surface area contributed by atoms with E-state index >= 15 is 0 Å². The van der Waals surface area contributed by atoms with E-state index in [-0.39, 0.29) is 0 Å². The van der Waals surface area contributed by atoms with Crippen LogP contribution in [0.25, 0.3) is 0 Å². The smallest absolute Gasteiger partial charge is 0.0951 e. The first-order chi connectivity index (χ1) is 8.70. The number of imidazole rings is 1. The third kappa shape index (κ3) is 3.51. The van der Waals surface area contributed by atoms with E-state index in [1.165, 1.54) is 31.4 Å². The second-order valence-electron chi connectivity index (χ2n) is 5.49. The zero-order valence-electron chi connectivity index (χ0n) is 11.7. The zero-order valence-corrected chi connectivity index (χ0v) is 12.5. The average molecular weight is 267 g/mol. The summed E-state index contributed by atoms with van der Waals surface area (Å²) in [5.74, 6) is 0. The van der Waals surface area contributed by atoms with E-state index in [9.17, 15) is 0 Å². The molecule has 2 rings (SSSR count). The average Bonchev–Trinajstić information content (AvgIpc) is 2.85. The van der Waals surface area contributed by atoms with Crippen molar-refractivity contribution >= 4 is 11.8 Å². The van der Waals surface area contributed by atoms with Crippen LogP contribution in [0.15, 0.2) is 12.5 Å². The van der Waals surface area contributed by atoms with E-state index in [4.69, 9.17) is 0 Å². The van der Waals surface area contributed by atoms with Crippen LogP contribution in [0.2, 0.25) is 0 Å². The first-order valence-corrected chi connectivity index (χ1v) is 8.26. The minimum Gasteiger partial charge on any atom is -0.331 e. The number of nitrogens with one attached hydrogen (secondary N) is 1. The van der Waals surface area contributed by atoms with Crippen LogP contribution >= 0.6 is 11.8 Å². The molecule has 0 amide bonds. The molecule has 0 radical (unpaired) electrons. The molecule has 1 fully saturated rings. The zero-order chi connectivity index (χ0) is 13.0. The Labute approximate surface area is 115 Å². The maximum atomic E-state index is 4.26. The number of nitrogens with zero attached hydrogens (tertiary/aromatic N) is 2. The highest BCUT2D eigenvalue weighted by atomic mass is 32.2. The van der Waals surface area contributed by atoms with Crippen LogP contribution in [0.3, 0.4) is 0 Å². The van der Waals surface area contributed by atoms with Crippen LogP contribution in [0.4, 0.5) is 0 Å². The molecule has 1 aromatic rings. The fraction of sp³-hybridized carbons (Fsp3) is 0.786. The first-order valence-electron chi connectivity index (χ1n) is 6.97. The Hall–Kier alpha value is -0.480. The van der Waals surface area contributed by atoms with Crippen molar-refractivity contribution in [2.75, 3.05) is 6.26 Å². The first kappa shape index (κ1) is 13.9. The summed E-state index contributed by atoms with van der Waals surface area (Å²) in [6.45, 7) is 5.36. The van der Waals surface area contributed by atoms with E-state index in [2.05, 4.69) is 35.0 Å². The molecule has 1 aliphatic carbocycles. The third-order valence-corrected chi connectivity index (χ3v) is 4.93. The number of aromatic nitrogens is 2. The molecule has 0 aromatic carbocycles. The maximum Gasteiger partial charge on any atom is 0.0951 e. The second kappa shape index (κ2) is 6.62. The van der Waals surface area contributed by atoms with Gasteiger partial charge in [-0.25, -0.2) is 4.98 Å². The van der Waals surface area contributed by atoms with Gasteiger partial charge in [0.25, 0.3) is 0 Å². The van der Waals surface area contributed by atoms with Gasteiger partial charge in [-0.15, -0.1) is 0 Å². The molecule has 0 spiro atoms. The number of hydrogen-bond donors (Lipinski definition) is 1. The van der Waals surface area contributed by atoms with Crippen LogP contribution in [0.1, 0.15) is 51.3 Å². The van der Waals surface area contributed by atoms with E-state index in [1.807, 2.05) is 24.3 Å². The Morgan fingerprint density at radius 2 is 2.33 bits per heavy atom. The third-order valence-electron chi connectivity index (χ3n) is 3.83.